The van der Waals surface area contributed by atoms with Gasteiger partial charge in [0.05, 0.1) is 5.39 Å². The van der Waals surface area contributed by atoms with Crippen LogP contribution in [0.3, 0.4) is 0 Å². The number of primary amides is 1. The number of nitrogens with zero attached hydrogens (tertiary/aromatic N) is 2. The Morgan fingerprint density at radius 3 is 2.58 bits per heavy atom. The van der Waals surface area contributed by atoms with E-state index < -0.39 is 5.91 Å². The molecule has 2 N–H and O–H groups in total. The fourth-order valence-electron chi connectivity index (χ4n) is 3.20. The van der Waals surface area contributed by atoms with Crippen molar-refractivity contribution >= 4 is 27.5 Å². The minimum absolute atomic E-state index is 0.0920. The topological polar surface area (TPSA) is 78.0 Å². The smallest absolute Gasteiger partial charge is 0.262 e. The number of thiophene rings is 1. The molecular formula is C20H23N3O2S. The van der Waals surface area contributed by atoms with Crippen LogP contribution in [-0.4, -0.2) is 15.5 Å². The van der Waals surface area contributed by atoms with Crippen LogP contribution >= 0.6 is 11.3 Å². The summed E-state index contributed by atoms with van der Waals surface area (Å²) in [5, 5.41) is 0.637. The summed E-state index contributed by atoms with van der Waals surface area (Å²) in [6.45, 7) is 8.39. The zero-order valence-corrected chi connectivity index (χ0v) is 16.4. The molecule has 6 heteroatoms. The predicted molar refractivity (Wildman–Crippen MR) is 107 cm³/mol. The van der Waals surface area contributed by atoms with Gasteiger partial charge in [0.15, 0.2) is 0 Å². The van der Waals surface area contributed by atoms with Gasteiger partial charge < -0.3 is 5.73 Å². The number of fused-ring (bicyclic) bond motifs is 1. The molecule has 26 heavy (non-hydrogen) atoms. The molecule has 1 aromatic carbocycles. The first-order chi connectivity index (χ1) is 12.3. The lowest BCUT2D eigenvalue weighted by molar-refractivity contribution is -0.118. The Morgan fingerprint density at radius 2 is 1.96 bits per heavy atom. The molecule has 0 atom stereocenters. The Kier molecular flexibility index (Phi) is 4.96. The number of hydrogen-bond donors (Lipinski definition) is 1. The van der Waals surface area contributed by atoms with Crippen molar-refractivity contribution in [2.45, 2.75) is 47.1 Å². The molecule has 136 valence electrons. The molecule has 0 fully saturated rings. The third-order valence-corrected chi connectivity index (χ3v) is 5.76. The molecule has 3 aromatic rings. The highest BCUT2D eigenvalue weighted by Gasteiger charge is 2.19. The molecule has 0 aliphatic rings. The Balaban J connectivity index is 2.29. The van der Waals surface area contributed by atoms with Gasteiger partial charge in [-0.2, -0.15) is 0 Å². The molecule has 0 radical (unpaired) electrons. The Bertz CT molecular complexity index is 1060. The molecule has 0 aliphatic heterocycles. The highest BCUT2D eigenvalue weighted by Crippen LogP contribution is 2.36. The SMILES string of the molecule is CCc1nc2sc(C)c(-c3ccc(C)c(C)c3)c2c(=O)n1CCC(N)=O. The molecular weight excluding hydrogens is 346 g/mol. The second kappa shape index (κ2) is 7.03. The summed E-state index contributed by atoms with van der Waals surface area (Å²) in [7, 11) is 0. The number of benzene rings is 1. The van der Waals surface area contributed by atoms with E-state index in [-0.39, 0.29) is 18.5 Å². The first-order valence-electron chi connectivity index (χ1n) is 8.72. The molecule has 2 aromatic heterocycles. The molecule has 0 unspecified atom stereocenters. The van der Waals surface area contributed by atoms with Crippen LogP contribution in [0.1, 0.15) is 35.2 Å². The normalized spacial score (nSPS) is 11.2. The maximum Gasteiger partial charge on any atom is 0.262 e. The van der Waals surface area contributed by atoms with E-state index in [2.05, 4.69) is 32.0 Å². The molecule has 0 aliphatic carbocycles. The van der Waals surface area contributed by atoms with E-state index in [0.717, 1.165) is 20.8 Å². The predicted octanol–water partition coefficient (Wildman–Crippen LogP) is 3.49. The largest absolute Gasteiger partial charge is 0.370 e. The monoisotopic (exact) mass is 369 g/mol. The van der Waals surface area contributed by atoms with Gasteiger partial charge in [0, 0.05) is 29.8 Å². The second-order valence-corrected chi connectivity index (χ2v) is 7.77. The summed E-state index contributed by atoms with van der Waals surface area (Å²) in [6.07, 6.45) is 0.752. The zero-order chi connectivity index (χ0) is 19.0. The van der Waals surface area contributed by atoms with Crippen LogP contribution in [0.2, 0.25) is 0 Å². The third-order valence-electron chi connectivity index (χ3n) is 4.76. The summed E-state index contributed by atoms with van der Waals surface area (Å²) in [6, 6.07) is 6.25. The average Bonchev–Trinajstić information content (AvgIpc) is 2.92. The van der Waals surface area contributed by atoms with Crippen molar-refractivity contribution in [3.05, 3.63) is 50.4 Å². The van der Waals surface area contributed by atoms with E-state index in [0.29, 0.717) is 17.6 Å². The van der Waals surface area contributed by atoms with Crippen molar-refractivity contribution in [1.29, 1.82) is 0 Å². The number of amides is 1. The number of aromatic nitrogens is 2. The number of hydrogen-bond acceptors (Lipinski definition) is 4. The van der Waals surface area contributed by atoms with Gasteiger partial charge in [-0.15, -0.1) is 11.3 Å². The summed E-state index contributed by atoms with van der Waals surface area (Å²) in [4.78, 5) is 31.0. The van der Waals surface area contributed by atoms with Crippen molar-refractivity contribution in [3.63, 3.8) is 0 Å². The molecule has 1 amide bonds. The maximum absolute atomic E-state index is 13.3. The molecule has 0 saturated carbocycles. The lowest BCUT2D eigenvalue weighted by atomic mass is 9.99. The van der Waals surface area contributed by atoms with Crippen LogP contribution in [0, 0.1) is 20.8 Å². The summed E-state index contributed by atoms with van der Waals surface area (Å²) < 4.78 is 1.60. The number of nitrogens with two attached hydrogens (primary N) is 1. The van der Waals surface area contributed by atoms with Gasteiger partial charge in [-0.25, -0.2) is 4.98 Å². The number of aryl methyl sites for hydroxylation is 4. The first kappa shape index (κ1) is 18.3. The quantitative estimate of drug-likeness (QED) is 0.748. The van der Waals surface area contributed by atoms with E-state index >= 15 is 0 Å². The van der Waals surface area contributed by atoms with E-state index in [4.69, 9.17) is 10.7 Å². The Labute approximate surface area is 156 Å². The lowest BCUT2D eigenvalue weighted by Crippen LogP contribution is -2.27. The van der Waals surface area contributed by atoms with Gasteiger partial charge in [0.25, 0.3) is 5.56 Å². The van der Waals surface area contributed by atoms with Crippen LogP contribution in [-0.2, 0) is 17.8 Å². The highest BCUT2D eigenvalue weighted by atomic mass is 32.1. The third kappa shape index (κ3) is 3.17. The van der Waals surface area contributed by atoms with E-state index in [1.54, 1.807) is 15.9 Å². The Hall–Kier alpha value is -2.47. The van der Waals surface area contributed by atoms with Crippen molar-refractivity contribution in [2.24, 2.45) is 5.73 Å². The van der Waals surface area contributed by atoms with Crippen molar-refractivity contribution in [1.82, 2.24) is 9.55 Å². The lowest BCUT2D eigenvalue weighted by Gasteiger charge is -2.11. The number of rotatable bonds is 5. The zero-order valence-electron chi connectivity index (χ0n) is 15.5. The fraction of sp³-hybridized carbons (Fsp3) is 0.350. The molecule has 0 saturated heterocycles. The minimum Gasteiger partial charge on any atom is -0.370 e. The first-order valence-corrected chi connectivity index (χ1v) is 9.53. The summed E-state index contributed by atoms with van der Waals surface area (Å²) in [5.74, 6) is 0.270. The standard InChI is InChI=1S/C20H23N3O2S/c1-5-16-22-19-18(20(25)23(16)9-8-15(21)24)17(13(4)26-19)14-7-6-11(2)12(3)10-14/h6-7,10H,5,8-9H2,1-4H3,(H2,21,24). The minimum atomic E-state index is -0.421. The highest BCUT2D eigenvalue weighted by molar-refractivity contribution is 7.19. The van der Waals surface area contributed by atoms with Gasteiger partial charge in [0.2, 0.25) is 5.91 Å². The number of carbonyl (C=O) groups excluding carboxylic acids is 1. The van der Waals surface area contributed by atoms with Gasteiger partial charge >= 0.3 is 0 Å². The average molecular weight is 369 g/mol. The Morgan fingerprint density at radius 1 is 1.23 bits per heavy atom. The summed E-state index contributed by atoms with van der Waals surface area (Å²) >= 11 is 1.54. The van der Waals surface area contributed by atoms with Crippen LogP contribution in [0.4, 0.5) is 0 Å². The molecule has 0 bridgehead atoms. The van der Waals surface area contributed by atoms with Gasteiger partial charge in [-0.1, -0.05) is 25.1 Å². The number of carbonyl (C=O) groups is 1. The van der Waals surface area contributed by atoms with Crippen LogP contribution in [0.15, 0.2) is 23.0 Å². The van der Waals surface area contributed by atoms with Crippen LogP contribution in [0.5, 0.6) is 0 Å². The second-order valence-electron chi connectivity index (χ2n) is 6.57. The van der Waals surface area contributed by atoms with E-state index in [1.165, 1.54) is 11.1 Å². The molecule has 0 spiro atoms. The molecule has 2 heterocycles. The van der Waals surface area contributed by atoms with Gasteiger partial charge in [-0.3, -0.25) is 14.2 Å². The molecule has 3 rings (SSSR count). The van der Waals surface area contributed by atoms with Crippen LogP contribution < -0.4 is 11.3 Å². The fourth-order valence-corrected chi connectivity index (χ4v) is 4.26. The van der Waals surface area contributed by atoms with Crippen molar-refractivity contribution in [3.8, 4) is 11.1 Å². The van der Waals surface area contributed by atoms with Crippen LogP contribution in [0.25, 0.3) is 21.3 Å². The van der Waals surface area contributed by atoms with E-state index in [9.17, 15) is 9.59 Å². The molecule has 5 nitrogen and oxygen atoms in total. The summed E-state index contributed by atoms with van der Waals surface area (Å²) in [5.41, 5.74) is 9.57. The van der Waals surface area contributed by atoms with Gasteiger partial charge in [-0.05, 0) is 37.5 Å². The van der Waals surface area contributed by atoms with Gasteiger partial charge in [0.1, 0.15) is 10.7 Å². The van der Waals surface area contributed by atoms with Crippen molar-refractivity contribution < 1.29 is 4.79 Å². The maximum atomic E-state index is 13.3. The van der Waals surface area contributed by atoms with E-state index in [1.807, 2.05) is 13.8 Å². The van der Waals surface area contributed by atoms with Crippen molar-refractivity contribution in [2.75, 3.05) is 0 Å².